The summed E-state index contributed by atoms with van der Waals surface area (Å²) in [5.41, 5.74) is 10.1. The summed E-state index contributed by atoms with van der Waals surface area (Å²) in [6, 6.07) is 57.9. The second-order valence-electron chi connectivity index (χ2n) is 12.3. The maximum absolute atomic E-state index is 5.25. The van der Waals surface area contributed by atoms with Gasteiger partial charge in [-0.2, -0.15) is 0 Å². The molecule has 1 aliphatic rings. The summed E-state index contributed by atoms with van der Waals surface area (Å²) in [6.45, 7) is 0. The van der Waals surface area contributed by atoms with Crippen molar-refractivity contribution in [3.8, 4) is 67.5 Å². The molecule has 0 saturated heterocycles. The monoisotopic (exact) mass is 609 g/mol. The van der Waals surface area contributed by atoms with Crippen molar-refractivity contribution >= 4 is 32.3 Å². The molecule has 0 saturated carbocycles. The number of rotatable bonds is 4. The largest absolute Gasteiger partial charge is 0.208 e. The highest BCUT2D eigenvalue weighted by atomic mass is 15.0. The van der Waals surface area contributed by atoms with Crippen LogP contribution in [-0.2, 0) is 0 Å². The number of aromatic nitrogens is 3. The van der Waals surface area contributed by atoms with E-state index in [0.717, 1.165) is 27.8 Å². The summed E-state index contributed by atoms with van der Waals surface area (Å²) in [5, 5.41) is 7.56. The maximum Gasteiger partial charge on any atom is 0.165 e. The van der Waals surface area contributed by atoms with Gasteiger partial charge in [-0.05, 0) is 60.1 Å². The van der Waals surface area contributed by atoms with Crippen LogP contribution in [-0.4, -0.2) is 15.0 Å². The van der Waals surface area contributed by atoms with E-state index in [1.165, 1.54) is 54.6 Å². The Bertz CT molecular complexity index is 2610. The van der Waals surface area contributed by atoms with Gasteiger partial charge in [0.2, 0.25) is 0 Å². The van der Waals surface area contributed by atoms with Crippen LogP contribution in [0, 0.1) is 0 Å². The molecule has 222 valence electrons. The second kappa shape index (κ2) is 10.5. The lowest BCUT2D eigenvalue weighted by Crippen LogP contribution is -2.01. The van der Waals surface area contributed by atoms with Crippen LogP contribution in [0.15, 0.2) is 164 Å². The fraction of sp³-hybridized carbons (Fsp3) is 0. The molecule has 1 aliphatic carbocycles. The molecule has 0 unspecified atom stereocenters. The van der Waals surface area contributed by atoms with E-state index in [1.54, 1.807) is 0 Å². The molecule has 0 N–H and O–H groups in total. The Morgan fingerprint density at radius 1 is 0.250 bits per heavy atom. The van der Waals surface area contributed by atoms with Crippen LogP contribution in [0.1, 0.15) is 0 Å². The lowest BCUT2D eigenvalue weighted by atomic mass is 9.87. The van der Waals surface area contributed by atoms with Gasteiger partial charge in [0.1, 0.15) is 0 Å². The van der Waals surface area contributed by atoms with E-state index in [2.05, 4.69) is 127 Å². The quantitative estimate of drug-likeness (QED) is 0.186. The lowest BCUT2D eigenvalue weighted by Gasteiger charge is -2.16. The van der Waals surface area contributed by atoms with Gasteiger partial charge in [0.25, 0.3) is 0 Å². The van der Waals surface area contributed by atoms with Crippen LogP contribution in [0.3, 0.4) is 0 Å². The van der Waals surface area contributed by atoms with Gasteiger partial charge in [-0.3, -0.25) is 0 Å². The minimum atomic E-state index is 0.661. The normalized spacial score (nSPS) is 11.8. The Kier molecular flexibility index (Phi) is 5.87. The fourth-order valence-corrected chi connectivity index (χ4v) is 7.58. The van der Waals surface area contributed by atoms with E-state index in [4.69, 9.17) is 15.0 Å². The summed E-state index contributed by atoms with van der Waals surface area (Å²) >= 11 is 0. The van der Waals surface area contributed by atoms with Crippen molar-refractivity contribution in [2.24, 2.45) is 0 Å². The highest BCUT2D eigenvalue weighted by Gasteiger charge is 2.32. The Labute approximate surface area is 277 Å². The van der Waals surface area contributed by atoms with Crippen LogP contribution < -0.4 is 0 Å². The predicted molar refractivity (Wildman–Crippen MR) is 199 cm³/mol. The molecule has 0 radical (unpaired) electrons. The first-order valence-electron chi connectivity index (χ1n) is 16.3. The molecule has 0 atom stereocenters. The van der Waals surface area contributed by atoms with Gasteiger partial charge < -0.3 is 0 Å². The molecular weight excluding hydrogens is 583 g/mol. The minimum absolute atomic E-state index is 0.661. The van der Waals surface area contributed by atoms with E-state index in [9.17, 15) is 0 Å². The van der Waals surface area contributed by atoms with Crippen LogP contribution in [0.25, 0.3) is 99.9 Å². The van der Waals surface area contributed by atoms with Crippen LogP contribution >= 0.6 is 0 Å². The standard InChI is InChI=1S/C45H27N3/c1-4-14-28(15-5-1)31-24-25-38-37-27-26-36-34-22-11-10-20-32(34)33-21-12-13-23-35(33)39(36)41(37)40(31)42(38)45-47-43(29-16-6-2-7-17-29)46-44(48-45)30-18-8-3-9-19-30/h1-27H. The lowest BCUT2D eigenvalue weighted by molar-refractivity contribution is 1.08. The maximum atomic E-state index is 5.25. The van der Waals surface area contributed by atoms with Gasteiger partial charge in [0.15, 0.2) is 17.5 Å². The zero-order chi connectivity index (χ0) is 31.6. The molecule has 48 heavy (non-hydrogen) atoms. The number of hydrogen-bond acceptors (Lipinski definition) is 3. The zero-order valence-electron chi connectivity index (χ0n) is 25.9. The highest BCUT2D eigenvalue weighted by Crippen LogP contribution is 2.57. The van der Waals surface area contributed by atoms with E-state index < -0.39 is 0 Å². The Morgan fingerprint density at radius 3 is 1.23 bits per heavy atom. The van der Waals surface area contributed by atoms with Crippen LogP contribution in [0.2, 0.25) is 0 Å². The second-order valence-corrected chi connectivity index (χ2v) is 12.3. The number of nitrogens with zero attached hydrogens (tertiary/aromatic N) is 3. The van der Waals surface area contributed by atoms with Crippen molar-refractivity contribution in [1.29, 1.82) is 0 Å². The van der Waals surface area contributed by atoms with Gasteiger partial charge in [-0.1, -0.05) is 164 Å². The predicted octanol–water partition coefficient (Wildman–Crippen LogP) is 11.6. The molecule has 0 spiro atoms. The molecule has 3 nitrogen and oxygen atoms in total. The third-order valence-corrected chi connectivity index (χ3v) is 9.66. The summed E-state index contributed by atoms with van der Waals surface area (Å²) in [4.78, 5) is 15.5. The first kappa shape index (κ1) is 26.7. The van der Waals surface area contributed by atoms with E-state index >= 15 is 0 Å². The SMILES string of the molecule is c1ccc(-c2nc(-c3ccccc3)nc(-c3c4ccc(-c5ccccc5)c3-c3c-4ccc4c5ccccc5c5ccccc5c34)n2)cc1. The van der Waals surface area contributed by atoms with Gasteiger partial charge in [-0.25, -0.2) is 15.0 Å². The van der Waals surface area contributed by atoms with E-state index in [0.29, 0.717) is 17.5 Å². The van der Waals surface area contributed by atoms with E-state index in [-0.39, 0.29) is 0 Å². The average molecular weight is 610 g/mol. The molecule has 0 fully saturated rings. The van der Waals surface area contributed by atoms with Gasteiger partial charge in [0.05, 0.1) is 0 Å². The van der Waals surface area contributed by atoms with Gasteiger partial charge in [-0.15, -0.1) is 0 Å². The molecule has 2 bridgehead atoms. The Hall–Kier alpha value is -6.45. The molecular formula is C45H27N3. The zero-order valence-corrected chi connectivity index (χ0v) is 25.9. The molecule has 9 aromatic rings. The third kappa shape index (κ3) is 3.98. The number of fused-ring (bicyclic) bond motifs is 12. The minimum Gasteiger partial charge on any atom is -0.208 e. The average Bonchev–Trinajstić information content (AvgIpc) is 3.40. The first-order valence-corrected chi connectivity index (χ1v) is 16.3. The smallest absolute Gasteiger partial charge is 0.165 e. The van der Waals surface area contributed by atoms with Crippen molar-refractivity contribution in [3.63, 3.8) is 0 Å². The molecule has 3 heteroatoms. The van der Waals surface area contributed by atoms with Crippen molar-refractivity contribution in [2.45, 2.75) is 0 Å². The third-order valence-electron chi connectivity index (χ3n) is 9.66. The molecule has 8 aromatic carbocycles. The topological polar surface area (TPSA) is 38.7 Å². The van der Waals surface area contributed by atoms with Crippen LogP contribution in [0.5, 0.6) is 0 Å². The fourth-order valence-electron chi connectivity index (χ4n) is 7.58. The Morgan fingerprint density at radius 2 is 0.646 bits per heavy atom. The van der Waals surface area contributed by atoms with Crippen molar-refractivity contribution in [1.82, 2.24) is 15.0 Å². The number of hydrogen-bond donors (Lipinski definition) is 0. The van der Waals surface area contributed by atoms with Crippen LogP contribution in [0.4, 0.5) is 0 Å². The molecule has 1 aromatic heterocycles. The Balaban J connectivity index is 1.36. The molecule has 0 aliphatic heterocycles. The first-order chi connectivity index (χ1) is 23.8. The molecule has 0 amide bonds. The summed E-state index contributed by atoms with van der Waals surface area (Å²) in [7, 11) is 0. The van der Waals surface area contributed by atoms with Crippen molar-refractivity contribution in [3.05, 3.63) is 164 Å². The summed E-state index contributed by atoms with van der Waals surface area (Å²) in [5.74, 6) is 2.00. The summed E-state index contributed by atoms with van der Waals surface area (Å²) in [6.07, 6.45) is 0. The van der Waals surface area contributed by atoms with Gasteiger partial charge >= 0.3 is 0 Å². The van der Waals surface area contributed by atoms with Gasteiger partial charge in [0, 0.05) is 22.3 Å². The van der Waals surface area contributed by atoms with Crippen molar-refractivity contribution in [2.75, 3.05) is 0 Å². The molecule has 1 heterocycles. The summed E-state index contributed by atoms with van der Waals surface area (Å²) < 4.78 is 0. The van der Waals surface area contributed by atoms with Crippen molar-refractivity contribution < 1.29 is 0 Å². The highest BCUT2D eigenvalue weighted by molar-refractivity contribution is 6.32. The molecule has 10 rings (SSSR count). The number of benzene rings is 8. The van der Waals surface area contributed by atoms with E-state index in [1.807, 2.05) is 36.4 Å².